The van der Waals surface area contributed by atoms with E-state index in [4.69, 9.17) is 9.47 Å². The minimum Gasteiger partial charge on any atom is -0.394 e. The largest absolute Gasteiger partial charge is 0.394 e. The maximum absolute atomic E-state index is 12.9. The molecule has 6 N–H and O–H groups in total. The van der Waals surface area contributed by atoms with Crippen molar-refractivity contribution in [2.24, 2.45) is 0 Å². The van der Waals surface area contributed by atoms with Gasteiger partial charge in [-0.25, -0.2) is 0 Å². The molecule has 0 saturated carbocycles. The number of carbonyl (C=O) groups excluding carboxylic acids is 1. The Morgan fingerprint density at radius 2 is 1.02 bits per heavy atom. The zero-order valence-corrected chi connectivity index (χ0v) is 35.9. The molecule has 1 aliphatic rings. The van der Waals surface area contributed by atoms with Crippen LogP contribution in [0.4, 0.5) is 0 Å². The van der Waals surface area contributed by atoms with Crippen LogP contribution in [0.1, 0.15) is 200 Å². The molecule has 7 atom stereocenters. The molecule has 1 amide bonds. The number of ether oxygens (including phenoxy) is 2. The van der Waals surface area contributed by atoms with Crippen LogP contribution in [-0.2, 0) is 14.3 Å². The predicted octanol–water partition coefficient (Wildman–Crippen LogP) is 9.67. The second-order valence-electron chi connectivity index (χ2n) is 16.2. The van der Waals surface area contributed by atoms with Gasteiger partial charge in [0.1, 0.15) is 24.4 Å². The average molecular weight is 794 g/mol. The Balaban J connectivity index is 2.40. The van der Waals surface area contributed by atoms with Crippen molar-refractivity contribution in [3.8, 4) is 0 Å². The summed E-state index contributed by atoms with van der Waals surface area (Å²) >= 11 is 0. The van der Waals surface area contributed by atoms with Crippen molar-refractivity contribution >= 4 is 5.91 Å². The van der Waals surface area contributed by atoms with Crippen molar-refractivity contribution in [2.75, 3.05) is 13.2 Å². The summed E-state index contributed by atoms with van der Waals surface area (Å²) in [5.41, 5.74) is 0. The standard InChI is InChI=1S/C47H87NO8/c1-3-5-7-9-11-13-15-17-19-20-21-23-24-26-28-30-32-34-36-41(50)40(39-55-47-46(54)45(53)44(52)42(38-49)56-47)48-43(51)37-35-33-31-29-27-25-22-18-16-14-12-10-8-6-4-2/h20-21,26,28,34,36,40-42,44-47,49-50,52-54H,3-19,22-25,27,29-33,35,37-39H2,1-2H3,(H,48,51)/b21-20+,28-26+,36-34+. The van der Waals surface area contributed by atoms with E-state index in [2.05, 4.69) is 43.5 Å². The Hall–Kier alpha value is -1.59. The lowest BCUT2D eigenvalue weighted by molar-refractivity contribution is -0.302. The molecule has 1 heterocycles. The van der Waals surface area contributed by atoms with Gasteiger partial charge in [0.05, 0.1) is 25.4 Å². The Kier molecular flexibility index (Phi) is 35.3. The number of rotatable bonds is 38. The molecule has 1 saturated heterocycles. The first kappa shape index (κ1) is 52.4. The summed E-state index contributed by atoms with van der Waals surface area (Å²) in [7, 11) is 0. The highest BCUT2D eigenvalue weighted by Gasteiger charge is 2.44. The van der Waals surface area contributed by atoms with Crippen molar-refractivity contribution in [1.29, 1.82) is 0 Å². The maximum atomic E-state index is 12.9. The normalized spacial score (nSPS) is 21.4. The van der Waals surface area contributed by atoms with Crippen LogP contribution in [0.5, 0.6) is 0 Å². The monoisotopic (exact) mass is 794 g/mol. The molecule has 0 aromatic rings. The van der Waals surface area contributed by atoms with E-state index in [9.17, 15) is 30.3 Å². The maximum Gasteiger partial charge on any atom is 0.220 e. The third-order valence-electron chi connectivity index (χ3n) is 10.9. The third kappa shape index (κ3) is 27.9. The number of hydrogen-bond acceptors (Lipinski definition) is 8. The van der Waals surface area contributed by atoms with Crippen LogP contribution < -0.4 is 5.32 Å². The summed E-state index contributed by atoms with van der Waals surface area (Å²) < 4.78 is 11.2. The molecule has 0 radical (unpaired) electrons. The van der Waals surface area contributed by atoms with Crippen molar-refractivity contribution in [3.05, 3.63) is 36.5 Å². The average Bonchev–Trinajstić information content (AvgIpc) is 3.20. The van der Waals surface area contributed by atoms with E-state index >= 15 is 0 Å². The van der Waals surface area contributed by atoms with Gasteiger partial charge in [-0.2, -0.15) is 0 Å². The number of aliphatic hydroxyl groups is 5. The summed E-state index contributed by atoms with van der Waals surface area (Å²) in [6.45, 7) is 3.75. The quantitative estimate of drug-likeness (QED) is 0.0268. The fourth-order valence-electron chi connectivity index (χ4n) is 7.19. The van der Waals surface area contributed by atoms with Crippen LogP contribution in [0.15, 0.2) is 36.5 Å². The van der Waals surface area contributed by atoms with Gasteiger partial charge >= 0.3 is 0 Å². The van der Waals surface area contributed by atoms with Crippen molar-refractivity contribution < 1.29 is 39.8 Å². The smallest absolute Gasteiger partial charge is 0.220 e. The Morgan fingerprint density at radius 3 is 1.50 bits per heavy atom. The summed E-state index contributed by atoms with van der Waals surface area (Å²) in [6.07, 6.45) is 39.0. The van der Waals surface area contributed by atoms with Gasteiger partial charge in [-0.05, 0) is 44.9 Å². The minimum absolute atomic E-state index is 0.190. The molecule has 328 valence electrons. The van der Waals surface area contributed by atoms with Crippen molar-refractivity contribution in [1.82, 2.24) is 5.32 Å². The summed E-state index contributed by atoms with van der Waals surface area (Å²) in [5.74, 6) is -0.190. The van der Waals surface area contributed by atoms with E-state index in [0.29, 0.717) is 6.42 Å². The highest BCUT2D eigenvalue weighted by Crippen LogP contribution is 2.22. The zero-order valence-electron chi connectivity index (χ0n) is 35.9. The first-order valence-electron chi connectivity index (χ1n) is 23.2. The van der Waals surface area contributed by atoms with Gasteiger partial charge in [0.2, 0.25) is 5.91 Å². The summed E-state index contributed by atoms with van der Waals surface area (Å²) in [6, 6.07) is -0.824. The number of amides is 1. The molecular formula is C47H87NO8. The Labute approximate surface area is 342 Å². The van der Waals surface area contributed by atoms with Gasteiger partial charge in [0.15, 0.2) is 6.29 Å². The number of aliphatic hydroxyl groups excluding tert-OH is 5. The fourth-order valence-corrected chi connectivity index (χ4v) is 7.19. The van der Waals surface area contributed by atoms with Gasteiger partial charge in [-0.1, -0.05) is 185 Å². The SMILES string of the molecule is CCCCCCCCCC/C=C/CC/C=C/CC/C=C/C(O)C(COC1OC(CO)C(O)C(O)C1O)NC(=O)CCCCCCCCCCCCCCCCC. The van der Waals surface area contributed by atoms with Crippen LogP contribution in [0.3, 0.4) is 0 Å². The third-order valence-corrected chi connectivity index (χ3v) is 10.9. The van der Waals surface area contributed by atoms with Gasteiger partial charge in [0, 0.05) is 6.42 Å². The molecule has 9 nitrogen and oxygen atoms in total. The van der Waals surface area contributed by atoms with E-state index in [-0.39, 0.29) is 12.5 Å². The van der Waals surface area contributed by atoms with Crippen LogP contribution >= 0.6 is 0 Å². The van der Waals surface area contributed by atoms with Gasteiger partial charge in [-0.3, -0.25) is 4.79 Å². The lowest BCUT2D eigenvalue weighted by Crippen LogP contribution is -2.60. The van der Waals surface area contributed by atoms with E-state index < -0.39 is 49.5 Å². The molecule has 1 fully saturated rings. The summed E-state index contributed by atoms with van der Waals surface area (Å²) in [4.78, 5) is 12.9. The van der Waals surface area contributed by atoms with Crippen molar-refractivity contribution in [2.45, 2.75) is 243 Å². The van der Waals surface area contributed by atoms with E-state index in [1.807, 2.05) is 6.08 Å². The zero-order chi connectivity index (χ0) is 40.9. The summed E-state index contributed by atoms with van der Waals surface area (Å²) in [5, 5.41) is 54.1. The molecule has 1 rings (SSSR count). The van der Waals surface area contributed by atoms with Gasteiger partial charge in [0.25, 0.3) is 0 Å². The molecule has 0 aromatic heterocycles. The van der Waals surface area contributed by atoms with Crippen LogP contribution in [-0.4, -0.2) is 87.5 Å². The van der Waals surface area contributed by atoms with Crippen molar-refractivity contribution in [3.63, 3.8) is 0 Å². The molecular weight excluding hydrogens is 707 g/mol. The number of unbranched alkanes of at least 4 members (excludes halogenated alkanes) is 24. The molecule has 9 heteroatoms. The fraction of sp³-hybridized carbons (Fsp3) is 0.851. The molecule has 0 aromatic carbocycles. The van der Waals surface area contributed by atoms with Crippen LogP contribution in [0.2, 0.25) is 0 Å². The molecule has 1 aliphatic heterocycles. The lowest BCUT2D eigenvalue weighted by atomic mass is 9.99. The number of nitrogens with one attached hydrogen (secondary N) is 1. The highest BCUT2D eigenvalue weighted by atomic mass is 16.7. The first-order chi connectivity index (χ1) is 27.3. The van der Waals surface area contributed by atoms with E-state index in [0.717, 1.165) is 44.9 Å². The van der Waals surface area contributed by atoms with Crippen LogP contribution in [0.25, 0.3) is 0 Å². The minimum atomic E-state index is -1.57. The van der Waals surface area contributed by atoms with Gasteiger partial charge < -0.3 is 40.3 Å². The number of hydrogen-bond donors (Lipinski definition) is 6. The first-order valence-corrected chi connectivity index (χ1v) is 23.2. The molecule has 56 heavy (non-hydrogen) atoms. The van der Waals surface area contributed by atoms with E-state index in [1.54, 1.807) is 6.08 Å². The topological polar surface area (TPSA) is 149 Å². The molecule has 0 aliphatic carbocycles. The lowest BCUT2D eigenvalue weighted by Gasteiger charge is -2.40. The Bertz CT molecular complexity index is 972. The second-order valence-corrected chi connectivity index (χ2v) is 16.2. The van der Waals surface area contributed by atoms with Crippen LogP contribution in [0, 0.1) is 0 Å². The Morgan fingerprint density at radius 1 is 0.589 bits per heavy atom. The predicted molar refractivity (Wildman–Crippen MR) is 230 cm³/mol. The second kappa shape index (κ2) is 37.7. The molecule has 0 bridgehead atoms. The van der Waals surface area contributed by atoms with Gasteiger partial charge in [-0.15, -0.1) is 0 Å². The van der Waals surface area contributed by atoms with E-state index in [1.165, 1.54) is 135 Å². The molecule has 0 spiro atoms. The molecule has 7 unspecified atom stereocenters. The number of carbonyl (C=O) groups is 1. The highest BCUT2D eigenvalue weighted by molar-refractivity contribution is 5.76. The number of allylic oxidation sites excluding steroid dienone is 5.